The molecule has 38 heavy (non-hydrogen) atoms. The van der Waals surface area contributed by atoms with Crippen LogP contribution >= 0.6 is 0 Å². The summed E-state index contributed by atoms with van der Waals surface area (Å²) in [4.78, 5) is 11.2. The minimum absolute atomic E-state index is 0.0596. The Morgan fingerprint density at radius 1 is 1.03 bits per heavy atom. The van der Waals surface area contributed by atoms with Gasteiger partial charge in [-0.3, -0.25) is 4.31 Å². The van der Waals surface area contributed by atoms with E-state index < -0.39 is 16.0 Å². The molecule has 0 bridgehead atoms. The van der Waals surface area contributed by atoms with Gasteiger partial charge in [0.15, 0.2) is 0 Å². The SMILES string of the molecule is Cc1ccc(C=CCS(=O)(=O)N(CC(C)C)c2cc3ccccc3cc2OCc2ccc(C(=O)O)cc2)o1. The smallest absolute Gasteiger partial charge is 0.335 e. The average Bonchev–Trinajstić information content (AvgIpc) is 3.30. The van der Waals surface area contributed by atoms with E-state index in [1.165, 1.54) is 16.4 Å². The van der Waals surface area contributed by atoms with Crippen LogP contribution in [0.5, 0.6) is 5.75 Å². The van der Waals surface area contributed by atoms with Crippen molar-refractivity contribution in [1.29, 1.82) is 0 Å². The number of carbonyl (C=O) groups is 1. The second kappa shape index (κ2) is 11.6. The molecular formula is C30H31NO6S. The van der Waals surface area contributed by atoms with Crippen molar-refractivity contribution < 1.29 is 27.5 Å². The fraction of sp³-hybridized carbons (Fsp3) is 0.233. The third-order valence-electron chi connectivity index (χ3n) is 5.91. The van der Waals surface area contributed by atoms with Crippen LogP contribution in [-0.2, 0) is 16.6 Å². The van der Waals surface area contributed by atoms with Gasteiger partial charge in [-0.15, -0.1) is 0 Å². The monoisotopic (exact) mass is 533 g/mol. The summed E-state index contributed by atoms with van der Waals surface area (Å²) in [6, 6.07) is 21.4. The third-order valence-corrected chi connectivity index (χ3v) is 7.54. The minimum atomic E-state index is -3.76. The first-order valence-electron chi connectivity index (χ1n) is 12.3. The van der Waals surface area contributed by atoms with Crippen molar-refractivity contribution in [3.05, 3.63) is 102 Å². The minimum Gasteiger partial charge on any atom is -0.487 e. The van der Waals surface area contributed by atoms with Gasteiger partial charge in [0.1, 0.15) is 23.9 Å². The normalized spacial score (nSPS) is 11.9. The first kappa shape index (κ1) is 27.0. The molecule has 8 heteroatoms. The summed E-state index contributed by atoms with van der Waals surface area (Å²) in [5.74, 6) is 0.633. The van der Waals surface area contributed by atoms with Gasteiger partial charge in [0.05, 0.1) is 17.0 Å². The zero-order valence-electron chi connectivity index (χ0n) is 21.6. The van der Waals surface area contributed by atoms with Crippen molar-refractivity contribution >= 4 is 38.5 Å². The zero-order chi connectivity index (χ0) is 27.3. The summed E-state index contributed by atoms with van der Waals surface area (Å²) >= 11 is 0. The molecular weight excluding hydrogens is 502 g/mol. The van der Waals surface area contributed by atoms with E-state index in [-0.39, 0.29) is 30.4 Å². The number of aromatic carboxylic acids is 1. The Balaban J connectivity index is 1.68. The van der Waals surface area contributed by atoms with Crippen LogP contribution in [0.2, 0.25) is 0 Å². The van der Waals surface area contributed by atoms with Crippen LogP contribution in [0, 0.1) is 12.8 Å². The molecule has 0 fully saturated rings. The van der Waals surface area contributed by atoms with Crippen molar-refractivity contribution in [2.45, 2.75) is 27.4 Å². The molecule has 4 aromatic rings. The van der Waals surface area contributed by atoms with E-state index in [4.69, 9.17) is 14.3 Å². The van der Waals surface area contributed by atoms with Gasteiger partial charge in [-0.1, -0.05) is 56.3 Å². The Hall–Kier alpha value is -4.04. The van der Waals surface area contributed by atoms with E-state index in [0.29, 0.717) is 17.2 Å². The Morgan fingerprint density at radius 2 is 1.71 bits per heavy atom. The number of nitrogens with zero attached hydrogens (tertiary/aromatic N) is 1. The van der Waals surface area contributed by atoms with Crippen LogP contribution < -0.4 is 9.04 Å². The number of ether oxygens (including phenoxy) is 1. The standard InChI is InChI=1S/C30H31NO6S/c1-21(2)19-31(38(34,35)16-6-9-27-15-10-22(3)37-27)28-17-25-7-4-5-8-26(25)18-29(28)36-20-23-11-13-24(14-12-23)30(32)33/h4-15,17-18,21H,16,19-20H2,1-3H3,(H,32,33). The summed E-state index contributed by atoms with van der Waals surface area (Å²) in [5.41, 5.74) is 1.41. The lowest BCUT2D eigenvalue weighted by atomic mass is 10.1. The summed E-state index contributed by atoms with van der Waals surface area (Å²) in [5, 5.41) is 11.0. The maximum atomic E-state index is 13.7. The maximum Gasteiger partial charge on any atom is 0.335 e. The molecule has 0 saturated heterocycles. The number of anilines is 1. The first-order chi connectivity index (χ1) is 18.1. The van der Waals surface area contributed by atoms with E-state index in [1.54, 1.807) is 30.4 Å². The quantitative estimate of drug-likeness (QED) is 0.236. The van der Waals surface area contributed by atoms with Crippen LogP contribution in [0.15, 0.2) is 83.3 Å². The number of carboxylic acids is 1. The number of hydrogen-bond acceptors (Lipinski definition) is 5. The molecule has 4 rings (SSSR count). The molecule has 1 N–H and O–H groups in total. The van der Waals surface area contributed by atoms with Crippen molar-refractivity contribution in [3.8, 4) is 5.75 Å². The third kappa shape index (κ3) is 6.63. The van der Waals surface area contributed by atoms with E-state index >= 15 is 0 Å². The molecule has 0 aliphatic carbocycles. The van der Waals surface area contributed by atoms with Crippen molar-refractivity contribution in [1.82, 2.24) is 0 Å². The van der Waals surface area contributed by atoms with Crippen molar-refractivity contribution in [2.75, 3.05) is 16.6 Å². The largest absolute Gasteiger partial charge is 0.487 e. The first-order valence-corrected chi connectivity index (χ1v) is 13.9. The Bertz CT molecular complexity index is 1550. The van der Waals surface area contributed by atoms with Crippen molar-refractivity contribution in [3.63, 3.8) is 0 Å². The summed E-state index contributed by atoms with van der Waals surface area (Å²) in [6.07, 6.45) is 3.25. The molecule has 0 saturated carbocycles. The molecule has 3 aromatic carbocycles. The molecule has 0 radical (unpaired) electrons. The Morgan fingerprint density at radius 3 is 2.32 bits per heavy atom. The second-order valence-electron chi connectivity index (χ2n) is 9.51. The number of furan rings is 1. The van der Waals surface area contributed by atoms with Gasteiger partial charge in [0.2, 0.25) is 10.0 Å². The predicted molar refractivity (Wildman–Crippen MR) is 150 cm³/mol. The van der Waals surface area contributed by atoms with E-state index in [0.717, 1.165) is 22.1 Å². The highest BCUT2D eigenvalue weighted by Gasteiger charge is 2.26. The second-order valence-corrected chi connectivity index (χ2v) is 11.5. The Kier molecular flexibility index (Phi) is 8.22. The molecule has 1 heterocycles. The Labute approximate surface area is 223 Å². The average molecular weight is 534 g/mol. The van der Waals surface area contributed by atoms with Gasteiger partial charge >= 0.3 is 5.97 Å². The highest BCUT2D eigenvalue weighted by molar-refractivity contribution is 7.92. The van der Waals surface area contributed by atoms with Gasteiger partial charge in [0.25, 0.3) is 0 Å². The number of rotatable bonds is 11. The molecule has 0 aliphatic heterocycles. The van der Waals surface area contributed by atoms with Gasteiger partial charge in [-0.2, -0.15) is 0 Å². The van der Waals surface area contributed by atoms with Gasteiger partial charge in [-0.25, -0.2) is 13.2 Å². The van der Waals surface area contributed by atoms with Crippen LogP contribution in [0.25, 0.3) is 16.8 Å². The summed E-state index contributed by atoms with van der Waals surface area (Å²) in [6.45, 7) is 6.20. The number of carboxylic acid groups (broad SMARTS) is 1. The molecule has 7 nitrogen and oxygen atoms in total. The molecule has 0 unspecified atom stereocenters. The van der Waals surface area contributed by atoms with Crippen LogP contribution in [0.3, 0.4) is 0 Å². The molecule has 1 aromatic heterocycles. The van der Waals surface area contributed by atoms with Gasteiger partial charge < -0.3 is 14.3 Å². The van der Waals surface area contributed by atoms with Crippen LogP contribution in [-0.4, -0.2) is 31.8 Å². The number of aryl methyl sites for hydroxylation is 1. The van der Waals surface area contributed by atoms with Gasteiger partial charge in [0, 0.05) is 6.54 Å². The van der Waals surface area contributed by atoms with Crippen LogP contribution in [0.1, 0.15) is 41.3 Å². The maximum absolute atomic E-state index is 13.7. The predicted octanol–water partition coefficient (Wildman–Crippen LogP) is 6.52. The summed E-state index contributed by atoms with van der Waals surface area (Å²) < 4.78 is 40.4. The van der Waals surface area contributed by atoms with E-state index in [2.05, 4.69) is 0 Å². The highest BCUT2D eigenvalue weighted by Crippen LogP contribution is 2.36. The number of benzene rings is 3. The summed E-state index contributed by atoms with van der Waals surface area (Å²) in [7, 11) is -3.76. The van der Waals surface area contributed by atoms with E-state index in [9.17, 15) is 13.2 Å². The lowest BCUT2D eigenvalue weighted by Gasteiger charge is -2.28. The molecule has 0 atom stereocenters. The lowest BCUT2D eigenvalue weighted by Crippen LogP contribution is -2.36. The molecule has 0 spiro atoms. The topological polar surface area (TPSA) is 97.0 Å². The molecule has 0 aliphatic rings. The van der Waals surface area contributed by atoms with Crippen molar-refractivity contribution in [2.24, 2.45) is 5.92 Å². The zero-order valence-corrected chi connectivity index (χ0v) is 22.4. The highest BCUT2D eigenvalue weighted by atomic mass is 32.2. The number of fused-ring (bicyclic) bond motifs is 1. The fourth-order valence-corrected chi connectivity index (χ4v) is 5.52. The lowest BCUT2D eigenvalue weighted by molar-refractivity contribution is 0.0696. The number of sulfonamides is 1. The van der Waals surface area contributed by atoms with Gasteiger partial charge in [-0.05, 0) is 71.7 Å². The number of hydrogen-bond donors (Lipinski definition) is 1. The van der Waals surface area contributed by atoms with E-state index in [1.807, 2.05) is 63.2 Å². The fourth-order valence-electron chi connectivity index (χ4n) is 4.03. The molecule has 0 amide bonds. The molecule has 198 valence electrons. The van der Waals surface area contributed by atoms with Crippen LogP contribution in [0.4, 0.5) is 5.69 Å².